The molecule has 0 heterocycles. The third-order valence-corrected chi connectivity index (χ3v) is 2.45. The maximum atomic E-state index is 12.1. The summed E-state index contributed by atoms with van der Waals surface area (Å²) in [6.07, 6.45) is 2.00. The first kappa shape index (κ1) is 9.55. The van der Waals surface area contributed by atoms with Crippen LogP contribution in [0, 0.1) is 0 Å². The Labute approximate surface area is 76.2 Å². The maximum absolute atomic E-state index is 12.1. The van der Waals surface area contributed by atoms with Gasteiger partial charge in [0, 0.05) is 4.90 Å². The maximum Gasteiger partial charge on any atom is 0.109 e. The molecule has 0 aliphatic carbocycles. The average Bonchev–Trinajstić information content (AvgIpc) is 2.17. The summed E-state index contributed by atoms with van der Waals surface area (Å²) in [5.41, 5.74) is 6.36. The van der Waals surface area contributed by atoms with Crippen LogP contribution in [0.1, 0.15) is 11.6 Å². The van der Waals surface area contributed by atoms with Gasteiger partial charge in [0.2, 0.25) is 0 Å². The zero-order valence-corrected chi connectivity index (χ0v) is 7.77. The standard InChI is InChI=1S/C9H12FNS/c1-12-8-4-2-7(3-5-8)9(11)6-10/h2-5,9H,6,11H2,1H3/t9-/m1/s1. The molecule has 1 rings (SSSR count). The summed E-state index contributed by atoms with van der Waals surface area (Å²) < 4.78 is 12.1. The van der Waals surface area contributed by atoms with Gasteiger partial charge in [-0.2, -0.15) is 0 Å². The van der Waals surface area contributed by atoms with Gasteiger partial charge < -0.3 is 5.73 Å². The topological polar surface area (TPSA) is 26.0 Å². The van der Waals surface area contributed by atoms with Crippen molar-refractivity contribution in [1.82, 2.24) is 0 Å². The zero-order chi connectivity index (χ0) is 8.97. The number of benzene rings is 1. The molecule has 0 saturated heterocycles. The molecule has 1 aromatic rings. The number of thioether (sulfide) groups is 1. The first-order valence-electron chi connectivity index (χ1n) is 3.73. The highest BCUT2D eigenvalue weighted by Crippen LogP contribution is 2.17. The van der Waals surface area contributed by atoms with Crippen molar-refractivity contribution in [2.45, 2.75) is 10.9 Å². The number of hydrogen-bond acceptors (Lipinski definition) is 2. The molecule has 66 valence electrons. The summed E-state index contributed by atoms with van der Waals surface area (Å²) >= 11 is 1.66. The van der Waals surface area contributed by atoms with E-state index in [0.29, 0.717) is 0 Å². The minimum atomic E-state index is -0.501. The first-order valence-corrected chi connectivity index (χ1v) is 4.96. The fourth-order valence-corrected chi connectivity index (χ4v) is 1.35. The summed E-state index contributed by atoms with van der Waals surface area (Å²) in [4.78, 5) is 1.17. The molecule has 0 bridgehead atoms. The number of rotatable bonds is 3. The van der Waals surface area contributed by atoms with Crippen molar-refractivity contribution >= 4 is 11.8 Å². The van der Waals surface area contributed by atoms with Gasteiger partial charge in [0.25, 0.3) is 0 Å². The summed E-state index contributed by atoms with van der Waals surface area (Å²) in [6.45, 7) is -0.501. The normalized spacial score (nSPS) is 12.9. The second kappa shape index (κ2) is 4.48. The van der Waals surface area contributed by atoms with Gasteiger partial charge in [0.1, 0.15) is 6.67 Å². The van der Waals surface area contributed by atoms with Crippen LogP contribution in [0.5, 0.6) is 0 Å². The van der Waals surface area contributed by atoms with E-state index < -0.39 is 12.7 Å². The minimum absolute atomic E-state index is 0.471. The molecule has 0 unspecified atom stereocenters. The van der Waals surface area contributed by atoms with E-state index in [1.54, 1.807) is 11.8 Å². The molecule has 0 spiro atoms. The predicted molar refractivity (Wildman–Crippen MR) is 51.1 cm³/mol. The lowest BCUT2D eigenvalue weighted by molar-refractivity contribution is 0.437. The molecular formula is C9H12FNS. The molecule has 1 nitrogen and oxygen atoms in total. The monoisotopic (exact) mass is 185 g/mol. The van der Waals surface area contributed by atoms with E-state index in [2.05, 4.69) is 0 Å². The number of halogens is 1. The Morgan fingerprint density at radius 1 is 1.42 bits per heavy atom. The van der Waals surface area contributed by atoms with Crippen molar-refractivity contribution in [2.24, 2.45) is 5.73 Å². The highest BCUT2D eigenvalue weighted by molar-refractivity contribution is 7.98. The van der Waals surface area contributed by atoms with Gasteiger partial charge in [-0.25, -0.2) is 4.39 Å². The molecule has 3 heteroatoms. The van der Waals surface area contributed by atoms with E-state index in [1.165, 1.54) is 4.90 Å². The van der Waals surface area contributed by atoms with Crippen LogP contribution in [-0.2, 0) is 0 Å². The van der Waals surface area contributed by atoms with Gasteiger partial charge in [0.15, 0.2) is 0 Å². The van der Waals surface area contributed by atoms with Crippen LogP contribution in [0.2, 0.25) is 0 Å². The van der Waals surface area contributed by atoms with Crippen LogP contribution < -0.4 is 5.73 Å². The molecule has 0 saturated carbocycles. The van der Waals surface area contributed by atoms with Crippen LogP contribution in [0.3, 0.4) is 0 Å². The number of nitrogens with two attached hydrogens (primary N) is 1. The smallest absolute Gasteiger partial charge is 0.109 e. The van der Waals surface area contributed by atoms with Gasteiger partial charge in [-0.3, -0.25) is 0 Å². The highest BCUT2D eigenvalue weighted by Gasteiger charge is 2.03. The van der Waals surface area contributed by atoms with Crippen molar-refractivity contribution in [3.63, 3.8) is 0 Å². The Balaban J connectivity index is 2.77. The molecule has 1 atom stereocenters. The minimum Gasteiger partial charge on any atom is -0.322 e. The van der Waals surface area contributed by atoms with Crippen LogP contribution in [-0.4, -0.2) is 12.9 Å². The second-order valence-electron chi connectivity index (χ2n) is 2.53. The SMILES string of the molecule is CSc1ccc([C@H](N)CF)cc1. The van der Waals surface area contributed by atoms with Gasteiger partial charge in [-0.1, -0.05) is 12.1 Å². The van der Waals surface area contributed by atoms with Gasteiger partial charge in [-0.15, -0.1) is 11.8 Å². The number of hydrogen-bond donors (Lipinski definition) is 1. The molecule has 2 N–H and O–H groups in total. The largest absolute Gasteiger partial charge is 0.322 e. The Hall–Kier alpha value is -0.540. The fraction of sp³-hybridized carbons (Fsp3) is 0.333. The highest BCUT2D eigenvalue weighted by atomic mass is 32.2. The van der Waals surface area contributed by atoms with Crippen LogP contribution in [0.15, 0.2) is 29.2 Å². The summed E-state index contributed by atoms with van der Waals surface area (Å²) in [6, 6.07) is 7.18. The Bertz CT molecular complexity index is 235. The van der Waals surface area contributed by atoms with E-state index in [4.69, 9.17) is 5.73 Å². The van der Waals surface area contributed by atoms with Crippen molar-refractivity contribution in [3.8, 4) is 0 Å². The average molecular weight is 185 g/mol. The number of alkyl halides is 1. The lowest BCUT2D eigenvalue weighted by Gasteiger charge is -2.06. The molecule has 0 aliphatic rings. The van der Waals surface area contributed by atoms with E-state index in [9.17, 15) is 4.39 Å². The molecule has 0 amide bonds. The third-order valence-electron chi connectivity index (χ3n) is 1.71. The van der Waals surface area contributed by atoms with E-state index in [0.717, 1.165) is 5.56 Å². The van der Waals surface area contributed by atoms with Crippen molar-refractivity contribution in [1.29, 1.82) is 0 Å². The van der Waals surface area contributed by atoms with Gasteiger partial charge >= 0.3 is 0 Å². The Morgan fingerprint density at radius 3 is 2.42 bits per heavy atom. The molecule has 12 heavy (non-hydrogen) atoms. The molecule has 0 aromatic heterocycles. The molecular weight excluding hydrogens is 173 g/mol. The zero-order valence-electron chi connectivity index (χ0n) is 6.96. The van der Waals surface area contributed by atoms with Gasteiger partial charge in [-0.05, 0) is 24.0 Å². The Kier molecular flexibility index (Phi) is 3.56. The summed E-state index contributed by atoms with van der Waals surface area (Å²) in [7, 11) is 0. The van der Waals surface area contributed by atoms with E-state index in [1.807, 2.05) is 30.5 Å². The molecule has 0 fully saturated rings. The summed E-state index contributed by atoms with van der Waals surface area (Å²) in [5, 5.41) is 0. The van der Waals surface area contributed by atoms with E-state index in [-0.39, 0.29) is 0 Å². The molecule has 0 aliphatic heterocycles. The van der Waals surface area contributed by atoms with Crippen molar-refractivity contribution < 1.29 is 4.39 Å². The molecule has 0 radical (unpaired) electrons. The second-order valence-corrected chi connectivity index (χ2v) is 3.41. The van der Waals surface area contributed by atoms with Crippen LogP contribution in [0.25, 0.3) is 0 Å². The summed E-state index contributed by atoms with van der Waals surface area (Å²) in [5.74, 6) is 0. The first-order chi connectivity index (χ1) is 5.77. The lowest BCUT2D eigenvalue weighted by atomic mass is 10.1. The van der Waals surface area contributed by atoms with E-state index >= 15 is 0 Å². The quantitative estimate of drug-likeness (QED) is 0.732. The fourth-order valence-electron chi connectivity index (χ4n) is 0.940. The Morgan fingerprint density at radius 2 is 2.00 bits per heavy atom. The van der Waals surface area contributed by atoms with Crippen molar-refractivity contribution in [2.75, 3.05) is 12.9 Å². The van der Waals surface area contributed by atoms with Crippen LogP contribution >= 0.6 is 11.8 Å². The van der Waals surface area contributed by atoms with Gasteiger partial charge in [0.05, 0.1) is 6.04 Å². The predicted octanol–water partition coefficient (Wildman–Crippen LogP) is 2.38. The van der Waals surface area contributed by atoms with Crippen molar-refractivity contribution in [3.05, 3.63) is 29.8 Å². The lowest BCUT2D eigenvalue weighted by Crippen LogP contribution is -2.11. The van der Waals surface area contributed by atoms with Crippen LogP contribution in [0.4, 0.5) is 4.39 Å². The molecule has 1 aromatic carbocycles. The third kappa shape index (κ3) is 2.22.